The van der Waals surface area contributed by atoms with Gasteiger partial charge in [0.2, 0.25) is 11.7 Å². The fourth-order valence-corrected chi connectivity index (χ4v) is 3.27. The Bertz CT molecular complexity index is 958. The summed E-state index contributed by atoms with van der Waals surface area (Å²) in [6.07, 6.45) is 0. The van der Waals surface area contributed by atoms with Gasteiger partial charge in [0.15, 0.2) is 6.61 Å². The zero-order valence-corrected chi connectivity index (χ0v) is 17.4. The number of hydrogen-bond acceptors (Lipinski definition) is 7. The van der Waals surface area contributed by atoms with E-state index in [1.165, 1.54) is 36.5 Å². The van der Waals surface area contributed by atoms with E-state index in [1.54, 1.807) is 32.9 Å². The molecule has 154 valence electrons. The molecule has 0 aliphatic heterocycles. The van der Waals surface area contributed by atoms with E-state index in [2.05, 4.69) is 5.32 Å². The number of rotatable bonds is 7. The van der Waals surface area contributed by atoms with Crippen LogP contribution in [-0.2, 0) is 16.1 Å². The number of esters is 1. The lowest BCUT2D eigenvalue weighted by Gasteiger charge is -2.17. The number of nitrogens with one attached hydrogen (secondary N) is 1. The fourth-order valence-electron chi connectivity index (χ4n) is 2.40. The molecule has 1 amide bonds. The number of aryl methyl sites for hydroxylation is 1. The Labute approximate surface area is 172 Å². The highest BCUT2D eigenvalue weighted by Crippen LogP contribution is 2.24. The van der Waals surface area contributed by atoms with Crippen LogP contribution in [0.25, 0.3) is 0 Å². The zero-order valence-electron chi connectivity index (χ0n) is 16.6. The van der Waals surface area contributed by atoms with E-state index < -0.39 is 28.7 Å². The molecule has 0 fully saturated rings. The molecule has 1 N–H and O–H groups in total. The first-order chi connectivity index (χ1) is 13.5. The average molecular weight is 418 g/mol. The summed E-state index contributed by atoms with van der Waals surface area (Å²) in [5.41, 5.74) is -0.712. The van der Waals surface area contributed by atoms with Crippen LogP contribution >= 0.6 is 11.3 Å². The summed E-state index contributed by atoms with van der Waals surface area (Å²) in [7, 11) is 0. The van der Waals surface area contributed by atoms with Gasteiger partial charge in [-0.1, -0.05) is 32.9 Å². The van der Waals surface area contributed by atoms with Crippen molar-refractivity contribution in [1.29, 1.82) is 0 Å². The van der Waals surface area contributed by atoms with Crippen LogP contribution in [0.15, 0.2) is 30.3 Å². The molecule has 2 rings (SSSR count). The van der Waals surface area contributed by atoms with Gasteiger partial charge < -0.3 is 10.1 Å². The molecule has 1 aromatic heterocycles. The standard InChI is InChI=1S/C20H22N2O6S/c1-12-6-5-7-14(17(12)22(26)27)18(24)28-11-15(23)16-9-8-13(29-16)10-21-19(25)20(2,3)4/h5-9H,10-11H2,1-4H3,(H,21,25). The number of thiophene rings is 1. The van der Waals surface area contributed by atoms with Crippen LogP contribution in [0.5, 0.6) is 0 Å². The number of benzene rings is 1. The van der Waals surface area contributed by atoms with Crippen LogP contribution in [-0.4, -0.2) is 29.2 Å². The molecule has 1 heterocycles. The molecule has 9 heteroatoms. The van der Waals surface area contributed by atoms with Crippen molar-refractivity contribution in [1.82, 2.24) is 5.32 Å². The minimum atomic E-state index is -0.928. The Morgan fingerprint density at radius 1 is 1.17 bits per heavy atom. The van der Waals surface area contributed by atoms with Crippen molar-refractivity contribution in [2.75, 3.05) is 6.61 Å². The minimum absolute atomic E-state index is 0.104. The van der Waals surface area contributed by atoms with Gasteiger partial charge in [-0.3, -0.25) is 19.7 Å². The van der Waals surface area contributed by atoms with Crippen molar-refractivity contribution < 1.29 is 24.0 Å². The summed E-state index contributed by atoms with van der Waals surface area (Å²) in [6.45, 7) is 6.70. The first-order valence-corrected chi connectivity index (χ1v) is 9.63. The second-order valence-corrected chi connectivity index (χ2v) is 8.59. The third kappa shape index (κ3) is 5.71. The van der Waals surface area contributed by atoms with E-state index in [0.717, 1.165) is 4.88 Å². The number of para-hydroxylation sites is 1. The second-order valence-electron chi connectivity index (χ2n) is 7.43. The number of nitro benzene ring substituents is 1. The predicted molar refractivity (Wildman–Crippen MR) is 108 cm³/mol. The molecular weight excluding hydrogens is 396 g/mol. The highest BCUT2D eigenvalue weighted by atomic mass is 32.1. The van der Waals surface area contributed by atoms with Crippen LogP contribution in [0, 0.1) is 22.5 Å². The van der Waals surface area contributed by atoms with E-state index in [-0.39, 0.29) is 17.2 Å². The van der Waals surface area contributed by atoms with Crippen molar-refractivity contribution >= 4 is 34.7 Å². The summed E-state index contributed by atoms with van der Waals surface area (Å²) < 4.78 is 4.99. The van der Waals surface area contributed by atoms with E-state index >= 15 is 0 Å². The van der Waals surface area contributed by atoms with Gasteiger partial charge in [-0.15, -0.1) is 11.3 Å². The number of nitro groups is 1. The minimum Gasteiger partial charge on any atom is -0.453 e. The van der Waals surface area contributed by atoms with Crippen molar-refractivity contribution in [3.63, 3.8) is 0 Å². The molecule has 0 bridgehead atoms. The molecule has 0 atom stereocenters. The first-order valence-electron chi connectivity index (χ1n) is 8.82. The van der Waals surface area contributed by atoms with Crippen molar-refractivity contribution in [2.45, 2.75) is 34.2 Å². The smallest absolute Gasteiger partial charge is 0.345 e. The largest absolute Gasteiger partial charge is 0.453 e. The van der Waals surface area contributed by atoms with Gasteiger partial charge in [-0.05, 0) is 25.1 Å². The monoisotopic (exact) mass is 418 g/mol. The number of ketones is 1. The van der Waals surface area contributed by atoms with Crippen molar-refractivity contribution in [3.05, 3.63) is 61.3 Å². The predicted octanol–water partition coefficient (Wildman–Crippen LogP) is 3.67. The summed E-state index contributed by atoms with van der Waals surface area (Å²) in [5.74, 6) is -1.46. The summed E-state index contributed by atoms with van der Waals surface area (Å²) >= 11 is 1.19. The lowest BCUT2D eigenvalue weighted by atomic mass is 9.96. The maximum atomic E-state index is 12.3. The van der Waals surface area contributed by atoms with Gasteiger partial charge in [0, 0.05) is 15.9 Å². The van der Waals surface area contributed by atoms with Crippen LogP contribution in [0.2, 0.25) is 0 Å². The third-order valence-corrected chi connectivity index (χ3v) is 5.14. The zero-order chi connectivity index (χ0) is 21.8. The summed E-state index contributed by atoms with van der Waals surface area (Å²) in [4.78, 5) is 48.1. The molecule has 0 unspecified atom stereocenters. The van der Waals surface area contributed by atoms with Gasteiger partial charge in [0.1, 0.15) is 5.56 Å². The van der Waals surface area contributed by atoms with Gasteiger partial charge in [0.05, 0.1) is 16.3 Å². The highest BCUT2D eigenvalue weighted by Gasteiger charge is 2.25. The Morgan fingerprint density at radius 3 is 2.48 bits per heavy atom. The molecule has 0 spiro atoms. The normalized spacial score (nSPS) is 11.0. The molecule has 0 saturated carbocycles. The number of carbonyl (C=O) groups is 3. The van der Waals surface area contributed by atoms with E-state index in [0.29, 0.717) is 17.0 Å². The lowest BCUT2D eigenvalue weighted by molar-refractivity contribution is -0.385. The van der Waals surface area contributed by atoms with E-state index in [1.807, 2.05) is 0 Å². The SMILES string of the molecule is Cc1cccc(C(=O)OCC(=O)c2ccc(CNC(=O)C(C)(C)C)s2)c1[N+](=O)[O-]. The topological polar surface area (TPSA) is 116 Å². The number of hydrogen-bond donors (Lipinski definition) is 1. The first kappa shape index (κ1) is 22.2. The Kier molecular flexibility index (Phi) is 6.86. The molecule has 8 nitrogen and oxygen atoms in total. The Balaban J connectivity index is 1.98. The Hall–Kier alpha value is -3.07. The molecule has 0 aliphatic rings. The molecule has 1 aromatic carbocycles. The van der Waals surface area contributed by atoms with Gasteiger partial charge in [-0.2, -0.15) is 0 Å². The van der Waals surface area contributed by atoms with E-state index in [9.17, 15) is 24.5 Å². The number of nitrogens with zero attached hydrogens (tertiary/aromatic N) is 1. The van der Waals surface area contributed by atoms with Crippen LogP contribution in [0.4, 0.5) is 5.69 Å². The quantitative estimate of drug-likeness (QED) is 0.317. The lowest BCUT2D eigenvalue weighted by Crippen LogP contribution is -2.34. The number of carbonyl (C=O) groups excluding carboxylic acids is 3. The fraction of sp³-hybridized carbons (Fsp3) is 0.350. The maximum absolute atomic E-state index is 12.3. The van der Waals surface area contributed by atoms with Crippen molar-refractivity contribution in [2.24, 2.45) is 5.41 Å². The number of ether oxygens (including phenoxy) is 1. The average Bonchev–Trinajstić information content (AvgIpc) is 3.11. The number of amides is 1. The maximum Gasteiger partial charge on any atom is 0.345 e. The summed E-state index contributed by atoms with van der Waals surface area (Å²) in [5, 5.41) is 14.0. The van der Waals surface area contributed by atoms with Gasteiger partial charge in [-0.25, -0.2) is 4.79 Å². The highest BCUT2D eigenvalue weighted by molar-refractivity contribution is 7.14. The summed E-state index contributed by atoms with van der Waals surface area (Å²) in [6, 6.07) is 7.63. The Morgan fingerprint density at radius 2 is 1.86 bits per heavy atom. The van der Waals surface area contributed by atoms with E-state index in [4.69, 9.17) is 4.74 Å². The van der Waals surface area contributed by atoms with Crippen LogP contribution in [0.1, 0.15) is 51.2 Å². The molecular formula is C20H22N2O6S. The molecule has 0 radical (unpaired) electrons. The van der Waals surface area contributed by atoms with Crippen molar-refractivity contribution in [3.8, 4) is 0 Å². The molecule has 0 saturated heterocycles. The van der Waals surface area contributed by atoms with Gasteiger partial charge >= 0.3 is 5.97 Å². The van der Waals surface area contributed by atoms with Crippen LogP contribution in [0.3, 0.4) is 0 Å². The molecule has 29 heavy (non-hydrogen) atoms. The molecule has 2 aromatic rings. The van der Waals surface area contributed by atoms with Crippen LogP contribution < -0.4 is 5.32 Å². The van der Waals surface area contributed by atoms with Gasteiger partial charge in [0.25, 0.3) is 5.69 Å². The third-order valence-electron chi connectivity index (χ3n) is 4.02. The number of Topliss-reactive ketones (excluding diaryl/α,β-unsaturated/α-hetero) is 1. The molecule has 0 aliphatic carbocycles. The second kappa shape index (κ2) is 8.95.